The van der Waals surface area contributed by atoms with Gasteiger partial charge in [0.05, 0.1) is 18.3 Å². The van der Waals surface area contributed by atoms with Crippen LogP contribution in [0.15, 0.2) is 48.0 Å². The van der Waals surface area contributed by atoms with E-state index in [9.17, 15) is 14.4 Å². The van der Waals surface area contributed by atoms with E-state index in [-0.39, 0.29) is 17.3 Å². The Morgan fingerprint density at radius 3 is 2.72 bits per heavy atom. The first-order chi connectivity index (χ1) is 14.1. The molecule has 3 N–H and O–H groups in total. The summed E-state index contributed by atoms with van der Waals surface area (Å²) in [6, 6.07) is 13.3. The van der Waals surface area contributed by atoms with E-state index in [1.165, 1.54) is 24.3 Å². The number of nitriles is 1. The lowest BCUT2D eigenvalue weighted by atomic mass is 10.0. The Hall–Kier alpha value is -3.24. The predicted molar refractivity (Wildman–Crippen MR) is 109 cm³/mol. The maximum atomic E-state index is 13.2. The van der Waals surface area contributed by atoms with E-state index in [2.05, 4.69) is 10.3 Å². The van der Waals surface area contributed by atoms with Crippen molar-refractivity contribution in [2.24, 2.45) is 5.73 Å². The molecular formula is C22H25FN4O2. The summed E-state index contributed by atoms with van der Waals surface area (Å²) in [5.41, 5.74) is 6.45. The molecule has 2 aromatic rings. The molecule has 1 unspecified atom stereocenters. The molecule has 1 heterocycles. The van der Waals surface area contributed by atoms with Crippen LogP contribution in [0.4, 0.5) is 4.39 Å². The highest BCUT2D eigenvalue weighted by atomic mass is 19.1. The third-order valence-corrected chi connectivity index (χ3v) is 4.18. The second kappa shape index (κ2) is 11.6. The van der Waals surface area contributed by atoms with E-state index in [1.807, 2.05) is 37.3 Å². The van der Waals surface area contributed by atoms with Gasteiger partial charge in [0.1, 0.15) is 17.4 Å². The Morgan fingerprint density at radius 1 is 1.34 bits per heavy atom. The molecule has 0 aliphatic heterocycles. The first-order valence-corrected chi connectivity index (χ1v) is 9.55. The number of nitrogens with two attached hydrogens (primary N) is 1. The van der Waals surface area contributed by atoms with Gasteiger partial charge in [0.25, 0.3) is 5.91 Å². The highest BCUT2D eigenvalue weighted by Crippen LogP contribution is 2.22. The Labute approximate surface area is 170 Å². The second-order valence-corrected chi connectivity index (χ2v) is 6.43. The highest BCUT2D eigenvalue weighted by molar-refractivity contribution is 6.01. The van der Waals surface area contributed by atoms with Crippen molar-refractivity contribution in [1.82, 2.24) is 10.3 Å². The fraction of sp³-hybridized carbons (Fsp3) is 0.318. The highest BCUT2D eigenvalue weighted by Gasteiger charge is 2.17. The molecule has 1 amide bonds. The van der Waals surface area contributed by atoms with Gasteiger partial charge in [-0.1, -0.05) is 31.5 Å². The van der Waals surface area contributed by atoms with Crippen molar-refractivity contribution in [2.75, 3.05) is 13.2 Å². The number of hydrogen-bond acceptors (Lipinski definition) is 5. The minimum absolute atomic E-state index is 0.133. The van der Waals surface area contributed by atoms with Gasteiger partial charge in [-0.25, -0.2) is 4.98 Å². The van der Waals surface area contributed by atoms with Crippen LogP contribution < -0.4 is 15.8 Å². The molecule has 0 spiro atoms. The van der Waals surface area contributed by atoms with Crippen LogP contribution in [0.5, 0.6) is 5.75 Å². The van der Waals surface area contributed by atoms with Crippen molar-refractivity contribution in [3.63, 3.8) is 0 Å². The number of ether oxygens (including phenoxy) is 1. The minimum Gasteiger partial charge on any atom is -0.494 e. The number of halogens is 1. The van der Waals surface area contributed by atoms with Crippen molar-refractivity contribution in [3.05, 3.63) is 65.2 Å². The Kier molecular flexibility index (Phi) is 8.80. The average molecular weight is 396 g/mol. The van der Waals surface area contributed by atoms with Crippen molar-refractivity contribution in [3.8, 4) is 11.8 Å². The fourth-order valence-corrected chi connectivity index (χ4v) is 2.72. The molecule has 152 valence electrons. The number of pyridine rings is 1. The molecule has 1 aromatic carbocycles. The Morgan fingerprint density at radius 2 is 2.10 bits per heavy atom. The minimum atomic E-state index is -0.672. The summed E-state index contributed by atoms with van der Waals surface area (Å²) in [7, 11) is 0. The van der Waals surface area contributed by atoms with E-state index in [4.69, 9.17) is 10.5 Å². The second-order valence-electron chi connectivity index (χ2n) is 6.43. The Balaban J connectivity index is 2.12. The first kappa shape index (κ1) is 22.1. The molecule has 0 bridgehead atoms. The number of benzene rings is 1. The van der Waals surface area contributed by atoms with Gasteiger partial charge >= 0.3 is 0 Å². The maximum Gasteiger partial charge on any atom is 0.262 e. The summed E-state index contributed by atoms with van der Waals surface area (Å²) in [5.74, 6) is -0.465. The lowest BCUT2D eigenvalue weighted by molar-refractivity contribution is -0.117. The van der Waals surface area contributed by atoms with Gasteiger partial charge in [-0.15, -0.1) is 0 Å². The fourth-order valence-electron chi connectivity index (χ4n) is 2.72. The maximum absolute atomic E-state index is 13.2. The third-order valence-electron chi connectivity index (χ3n) is 4.18. The van der Waals surface area contributed by atoms with E-state index in [1.54, 1.807) is 0 Å². The molecule has 0 aliphatic carbocycles. The van der Waals surface area contributed by atoms with Crippen molar-refractivity contribution in [2.45, 2.75) is 32.2 Å². The third kappa shape index (κ3) is 7.01. The molecule has 0 radical (unpaired) electrons. The van der Waals surface area contributed by atoms with Crippen LogP contribution in [-0.2, 0) is 4.79 Å². The van der Waals surface area contributed by atoms with Crippen molar-refractivity contribution in [1.29, 1.82) is 5.26 Å². The van der Waals surface area contributed by atoms with Gasteiger partial charge in [-0.05, 0) is 55.3 Å². The van der Waals surface area contributed by atoms with Gasteiger partial charge in [0.2, 0.25) is 5.95 Å². The first-order valence-electron chi connectivity index (χ1n) is 9.55. The number of hydrogen-bond donors (Lipinski definition) is 2. The Bertz CT molecular complexity index is 875. The molecule has 0 fully saturated rings. The molecular weight excluding hydrogens is 371 g/mol. The monoisotopic (exact) mass is 396 g/mol. The van der Waals surface area contributed by atoms with Gasteiger partial charge in [0, 0.05) is 0 Å². The number of amides is 1. The van der Waals surface area contributed by atoms with Crippen LogP contribution in [0, 0.1) is 17.3 Å². The normalized spacial score (nSPS) is 12.1. The summed E-state index contributed by atoms with van der Waals surface area (Å²) in [6.07, 6.45) is 3.60. The zero-order valence-electron chi connectivity index (χ0n) is 16.4. The summed E-state index contributed by atoms with van der Waals surface area (Å²) in [5, 5.41) is 12.2. The number of nitrogens with one attached hydrogen (secondary N) is 1. The molecule has 2 rings (SSSR count). The van der Waals surface area contributed by atoms with E-state index in [0.717, 1.165) is 24.2 Å². The zero-order chi connectivity index (χ0) is 21.1. The largest absolute Gasteiger partial charge is 0.494 e. The standard InChI is InChI=1S/C22H25FN4O2/c1-2-5-20(16-8-10-19(11-9-16)29-13-4-12-24)27-22(28)17(15-25)14-18-6-3-7-21(23)26-18/h3,6-11,14,20H,2,4-5,12-13,24H2,1H3,(H,27,28)/b17-14+. The number of aromatic nitrogens is 1. The van der Waals surface area contributed by atoms with Crippen LogP contribution in [0.3, 0.4) is 0 Å². The quantitative estimate of drug-likeness (QED) is 0.277. The van der Waals surface area contributed by atoms with Gasteiger partial charge in [-0.3, -0.25) is 4.79 Å². The summed E-state index contributed by atoms with van der Waals surface area (Å²) in [4.78, 5) is 16.3. The lowest BCUT2D eigenvalue weighted by Crippen LogP contribution is -2.29. The van der Waals surface area contributed by atoms with Crippen LogP contribution in [-0.4, -0.2) is 24.0 Å². The molecule has 0 saturated carbocycles. The van der Waals surface area contributed by atoms with Crippen LogP contribution in [0.25, 0.3) is 6.08 Å². The topological polar surface area (TPSA) is 101 Å². The smallest absolute Gasteiger partial charge is 0.262 e. The summed E-state index contributed by atoms with van der Waals surface area (Å²) < 4.78 is 18.8. The van der Waals surface area contributed by atoms with E-state index < -0.39 is 11.9 Å². The number of rotatable bonds is 10. The van der Waals surface area contributed by atoms with Gasteiger partial charge < -0.3 is 15.8 Å². The average Bonchev–Trinajstić information content (AvgIpc) is 2.72. The number of carbonyl (C=O) groups excluding carboxylic acids is 1. The van der Waals surface area contributed by atoms with Gasteiger partial charge in [-0.2, -0.15) is 9.65 Å². The number of carbonyl (C=O) groups is 1. The molecule has 0 aliphatic rings. The molecule has 1 aromatic heterocycles. The van der Waals surface area contributed by atoms with E-state index >= 15 is 0 Å². The SMILES string of the molecule is CCCC(NC(=O)/C(C#N)=C/c1cccc(F)n1)c1ccc(OCCCN)cc1. The molecule has 7 heteroatoms. The zero-order valence-corrected chi connectivity index (χ0v) is 16.4. The number of nitrogens with zero attached hydrogens (tertiary/aromatic N) is 2. The van der Waals surface area contributed by atoms with Crippen molar-refractivity contribution >= 4 is 12.0 Å². The summed E-state index contributed by atoms with van der Waals surface area (Å²) >= 11 is 0. The molecule has 1 atom stereocenters. The predicted octanol–water partition coefficient (Wildman–Crippen LogP) is 3.51. The molecule has 6 nitrogen and oxygen atoms in total. The van der Waals surface area contributed by atoms with Gasteiger partial charge in [0.15, 0.2) is 0 Å². The van der Waals surface area contributed by atoms with Crippen molar-refractivity contribution < 1.29 is 13.9 Å². The van der Waals surface area contributed by atoms with E-state index in [0.29, 0.717) is 19.6 Å². The lowest BCUT2D eigenvalue weighted by Gasteiger charge is -2.19. The molecule has 29 heavy (non-hydrogen) atoms. The molecule has 0 saturated heterocycles. The van der Waals surface area contributed by atoms with Crippen LogP contribution >= 0.6 is 0 Å². The van der Waals surface area contributed by atoms with Crippen LogP contribution in [0.2, 0.25) is 0 Å². The summed E-state index contributed by atoms with van der Waals surface area (Å²) in [6.45, 7) is 3.14. The van der Waals surface area contributed by atoms with Crippen LogP contribution in [0.1, 0.15) is 43.5 Å².